The summed E-state index contributed by atoms with van der Waals surface area (Å²) in [6, 6.07) is 7.85. The van der Waals surface area contributed by atoms with Crippen LogP contribution in [0.2, 0.25) is 5.02 Å². The van der Waals surface area contributed by atoms with Crippen molar-refractivity contribution >= 4 is 17.5 Å². The fourth-order valence-corrected chi connectivity index (χ4v) is 2.47. The van der Waals surface area contributed by atoms with Crippen LogP contribution in [0.25, 0.3) is 5.69 Å². The summed E-state index contributed by atoms with van der Waals surface area (Å²) in [6.45, 7) is 4.18. The van der Waals surface area contributed by atoms with Crippen LogP contribution in [0.15, 0.2) is 36.7 Å². The second-order valence-corrected chi connectivity index (χ2v) is 5.30. The van der Waals surface area contributed by atoms with E-state index in [1.165, 1.54) is 0 Å². The summed E-state index contributed by atoms with van der Waals surface area (Å²) in [7, 11) is 2.16. The molecule has 100 valence electrons. The summed E-state index contributed by atoms with van der Waals surface area (Å²) in [5.41, 5.74) is 1.09. The number of imidazole rings is 1. The smallest absolute Gasteiger partial charge is 0.210 e. The first-order valence-electron chi connectivity index (χ1n) is 6.47. The monoisotopic (exact) mass is 276 g/mol. The summed E-state index contributed by atoms with van der Waals surface area (Å²) >= 11 is 5.94. The van der Waals surface area contributed by atoms with Crippen LogP contribution in [0.3, 0.4) is 0 Å². The largest absolute Gasteiger partial charge is 0.339 e. The van der Waals surface area contributed by atoms with Crippen molar-refractivity contribution < 1.29 is 0 Å². The molecule has 0 aliphatic carbocycles. The van der Waals surface area contributed by atoms with Crippen LogP contribution in [-0.2, 0) is 0 Å². The number of nitrogens with zero attached hydrogens (tertiary/aromatic N) is 4. The third kappa shape index (κ3) is 2.60. The lowest BCUT2D eigenvalue weighted by atomic mass is 10.3. The first-order valence-corrected chi connectivity index (χ1v) is 6.84. The van der Waals surface area contributed by atoms with E-state index in [2.05, 4.69) is 26.4 Å². The molecule has 1 aromatic heterocycles. The Morgan fingerprint density at radius 1 is 1.05 bits per heavy atom. The van der Waals surface area contributed by atoms with Crippen molar-refractivity contribution in [2.75, 3.05) is 38.1 Å². The summed E-state index contributed by atoms with van der Waals surface area (Å²) in [6.07, 6.45) is 3.85. The highest BCUT2D eigenvalue weighted by molar-refractivity contribution is 6.30. The van der Waals surface area contributed by atoms with E-state index >= 15 is 0 Å². The lowest BCUT2D eigenvalue weighted by molar-refractivity contribution is 0.311. The SMILES string of the molecule is CN1CCN(c2nccn2-c2ccc(Cl)cc2)CC1. The van der Waals surface area contributed by atoms with Gasteiger partial charge in [0.25, 0.3) is 0 Å². The molecule has 0 saturated carbocycles. The van der Waals surface area contributed by atoms with Crippen LogP contribution >= 0.6 is 11.6 Å². The minimum atomic E-state index is 0.755. The van der Waals surface area contributed by atoms with E-state index in [9.17, 15) is 0 Å². The molecule has 5 heteroatoms. The molecule has 0 radical (unpaired) electrons. The van der Waals surface area contributed by atoms with Crippen molar-refractivity contribution in [1.29, 1.82) is 0 Å². The Kier molecular flexibility index (Phi) is 3.44. The predicted molar refractivity (Wildman–Crippen MR) is 78.3 cm³/mol. The summed E-state index contributed by atoms with van der Waals surface area (Å²) < 4.78 is 2.11. The molecule has 19 heavy (non-hydrogen) atoms. The van der Waals surface area contributed by atoms with Gasteiger partial charge in [0.2, 0.25) is 5.95 Å². The minimum Gasteiger partial charge on any atom is -0.339 e. The van der Waals surface area contributed by atoms with E-state index in [4.69, 9.17) is 11.6 Å². The van der Waals surface area contributed by atoms with E-state index in [1.54, 1.807) is 0 Å². The molecule has 0 N–H and O–H groups in total. The molecule has 1 aromatic carbocycles. The minimum absolute atomic E-state index is 0.755. The van der Waals surface area contributed by atoms with Gasteiger partial charge in [-0.2, -0.15) is 0 Å². The Morgan fingerprint density at radius 2 is 1.74 bits per heavy atom. The number of hydrogen-bond acceptors (Lipinski definition) is 3. The third-order valence-electron chi connectivity index (χ3n) is 3.51. The van der Waals surface area contributed by atoms with Crippen LogP contribution in [0.4, 0.5) is 5.95 Å². The number of benzene rings is 1. The number of piperazine rings is 1. The van der Waals surface area contributed by atoms with E-state index in [-0.39, 0.29) is 0 Å². The predicted octanol–water partition coefficient (Wildman–Crippen LogP) is 2.28. The van der Waals surface area contributed by atoms with Gasteiger partial charge in [0.1, 0.15) is 0 Å². The van der Waals surface area contributed by atoms with Gasteiger partial charge in [-0.1, -0.05) is 11.6 Å². The summed E-state index contributed by atoms with van der Waals surface area (Å²) in [5.74, 6) is 1.01. The molecule has 1 saturated heterocycles. The molecule has 1 aliphatic heterocycles. The molecule has 0 spiro atoms. The van der Waals surface area contributed by atoms with Crippen LogP contribution in [0.5, 0.6) is 0 Å². The molecule has 4 nitrogen and oxygen atoms in total. The zero-order valence-corrected chi connectivity index (χ0v) is 11.7. The molecule has 0 amide bonds. The third-order valence-corrected chi connectivity index (χ3v) is 3.76. The van der Waals surface area contributed by atoms with Crippen LogP contribution in [-0.4, -0.2) is 47.7 Å². The molecule has 1 aliphatic rings. The zero-order valence-electron chi connectivity index (χ0n) is 11.0. The van der Waals surface area contributed by atoms with Crippen molar-refractivity contribution in [1.82, 2.24) is 14.5 Å². The molecule has 3 rings (SSSR count). The van der Waals surface area contributed by atoms with Gasteiger partial charge in [0.15, 0.2) is 0 Å². The van der Waals surface area contributed by atoms with Crippen molar-refractivity contribution in [3.05, 3.63) is 41.7 Å². The molecule has 2 aromatic rings. The molecule has 2 heterocycles. The number of hydrogen-bond donors (Lipinski definition) is 0. The topological polar surface area (TPSA) is 24.3 Å². The maximum Gasteiger partial charge on any atom is 0.210 e. The van der Waals surface area contributed by atoms with Crippen LogP contribution in [0.1, 0.15) is 0 Å². The normalized spacial score (nSPS) is 16.8. The van der Waals surface area contributed by atoms with Gasteiger partial charge in [0, 0.05) is 49.3 Å². The highest BCUT2D eigenvalue weighted by Gasteiger charge is 2.18. The fraction of sp³-hybridized carbons (Fsp3) is 0.357. The fourth-order valence-electron chi connectivity index (χ4n) is 2.34. The van der Waals surface area contributed by atoms with Gasteiger partial charge in [0.05, 0.1) is 0 Å². The van der Waals surface area contributed by atoms with E-state index in [0.29, 0.717) is 0 Å². The lowest BCUT2D eigenvalue weighted by Gasteiger charge is -2.33. The van der Waals surface area contributed by atoms with Gasteiger partial charge in [-0.05, 0) is 31.3 Å². The Balaban J connectivity index is 1.88. The average Bonchev–Trinajstić information content (AvgIpc) is 2.90. The molecule has 0 bridgehead atoms. The van der Waals surface area contributed by atoms with Gasteiger partial charge in [-0.3, -0.25) is 4.57 Å². The van der Waals surface area contributed by atoms with Gasteiger partial charge < -0.3 is 9.80 Å². The van der Waals surface area contributed by atoms with Gasteiger partial charge in [-0.15, -0.1) is 0 Å². The van der Waals surface area contributed by atoms with Crippen molar-refractivity contribution in [2.24, 2.45) is 0 Å². The first-order chi connectivity index (χ1) is 9.24. The quantitative estimate of drug-likeness (QED) is 0.841. The van der Waals surface area contributed by atoms with Gasteiger partial charge >= 0.3 is 0 Å². The second-order valence-electron chi connectivity index (χ2n) is 4.86. The average molecular weight is 277 g/mol. The van der Waals surface area contributed by atoms with E-state index in [0.717, 1.165) is 42.8 Å². The Hall–Kier alpha value is -1.52. The van der Waals surface area contributed by atoms with Crippen molar-refractivity contribution in [3.63, 3.8) is 0 Å². The lowest BCUT2D eigenvalue weighted by Crippen LogP contribution is -2.45. The Morgan fingerprint density at radius 3 is 2.42 bits per heavy atom. The molecular formula is C14H17ClN4. The first kappa shape index (κ1) is 12.5. The van der Waals surface area contributed by atoms with E-state index in [1.807, 2.05) is 36.7 Å². The van der Waals surface area contributed by atoms with Crippen molar-refractivity contribution in [3.8, 4) is 5.69 Å². The van der Waals surface area contributed by atoms with E-state index < -0.39 is 0 Å². The maximum absolute atomic E-state index is 5.94. The highest BCUT2D eigenvalue weighted by Crippen LogP contribution is 2.20. The zero-order chi connectivity index (χ0) is 13.2. The second kappa shape index (κ2) is 5.23. The molecule has 0 unspecified atom stereocenters. The number of likely N-dealkylation sites (N-methyl/N-ethyl adjacent to an activating group) is 1. The summed E-state index contributed by atoms with van der Waals surface area (Å²) in [5, 5.41) is 0.755. The van der Waals surface area contributed by atoms with Gasteiger partial charge in [-0.25, -0.2) is 4.98 Å². The number of aromatic nitrogens is 2. The van der Waals surface area contributed by atoms with Crippen LogP contribution in [0, 0.1) is 0 Å². The molecule has 0 atom stereocenters. The molecular weight excluding hydrogens is 260 g/mol. The summed E-state index contributed by atoms with van der Waals surface area (Å²) in [4.78, 5) is 9.17. The number of rotatable bonds is 2. The number of anilines is 1. The van der Waals surface area contributed by atoms with Crippen molar-refractivity contribution in [2.45, 2.75) is 0 Å². The molecule has 1 fully saturated rings. The van der Waals surface area contributed by atoms with Crippen LogP contribution < -0.4 is 4.90 Å². The highest BCUT2D eigenvalue weighted by atomic mass is 35.5. The Labute approximate surface area is 118 Å². The standard InChI is InChI=1S/C14H17ClN4/c1-17-8-10-18(11-9-17)14-16-6-7-19(14)13-4-2-12(15)3-5-13/h2-7H,8-11H2,1H3. The maximum atomic E-state index is 5.94. The Bertz CT molecular complexity index is 541. The number of halogens is 1.